The summed E-state index contributed by atoms with van der Waals surface area (Å²) < 4.78 is 0. The van der Waals surface area contributed by atoms with E-state index in [0.29, 0.717) is 24.4 Å². The van der Waals surface area contributed by atoms with E-state index in [9.17, 15) is 9.59 Å². The molecule has 100 valence electrons. The molecular formula is C13H20N2O2S. The third-order valence-electron chi connectivity index (χ3n) is 2.17. The van der Waals surface area contributed by atoms with E-state index >= 15 is 0 Å². The van der Waals surface area contributed by atoms with Gasteiger partial charge in [-0.1, -0.05) is 26.8 Å². The zero-order chi connectivity index (χ0) is 13.6. The summed E-state index contributed by atoms with van der Waals surface area (Å²) in [7, 11) is 0. The van der Waals surface area contributed by atoms with Crippen LogP contribution in [0.2, 0.25) is 0 Å². The Balaban J connectivity index is 2.16. The molecule has 2 amide bonds. The van der Waals surface area contributed by atoms with Crippen LogP contribution in [0, 0.1) is 5.41 Å². The van der Waals surface area contributed by atoms with Crippen LogP contribution in [0.4, 0.5) is 0 Å². The summed E-state index contributed by atoms with van der Waals surface area (Å²) in [4.78, 5) is 23.8. The van der Waals surface area contributed by atoms with E-state index in [4.69, 9.17) is 0 Å². The highest BCUT2D eigenvalue weighted by Crippen LogP contribution is 2.17. The molecule has 18 heavy (non-hydrogen) atoms. The SMILES string of the molecule is CC(C)(C)CC(=O)NCCNC(=O)c1cccs1. The van der Waals surface area contributed by atoms with Gasteiger partial charge in [0.25, 0.3) is 5.91 Å². The zero-order valence-corrected chi connectivity index (χ0v) is 11.9. The molecule has 0 unspecified atom stereocenters. The van der Waals surface area contributed by atoms with Crippen molar-refractivity contribution < 1.29 is 9.59 Å². The summed E-state index contributed by atoms with van der Waals surface area (Å²) in [6.07, 6.45) is 0.492. The lowest BCUT2D eigenvalue weighted by atomic mass is 9.92. The summed E-state index contributed by atoms with van der Waals surface area (Å²) in [6.45, 7) is 6.97. The van der Waals surface area contributed by atoms with Crippen molar-refractivity contribution in [3.63, 3.8) is 0 Å². The van der Waals surface area contributed by atoms with Crippen LogP contribution in [0.3, 0.4) is 0 Å². The van der Waals surface area contributed by atoms with Gasteiger partial charge in [-0.25, -0.2) is 0 Å². The summed E-state index contributed by atoms with van der Waals surface area (Å²) in [6, 6.07) is 3.61. The second-order valence-corrected chi connectivity index (χ2v) is 6.27. The van der Waals surface area contributed by atoms with Gasteiger partial charge in [-0.2, -0.15) is 0 Å². The van der Waals surface area contributed by atoms with Crippen molar-refractivity contribution in [2.24, 2.45) is 5.41 Å². The largest absolute Gasteiger partial charge is 0.354 e. The lowest BCUT2D eigenvalue weighted by Crippen LogP contribution is -2.35. The number of carbonyl (C=O) groups is 2. The van der Waals surface area contributed by atoms with Crippen LogP contribution in [0.1, 0.15) is 36.9 Å². The molecule has 1 heterocycles. The summed E-state index contributed by atoms with van der Waals surface area (Å²) >= 11 is 1.40. The van der Waals surface area contributed by atoms with Gasteiger partial charge in [-0.3, -0.25) is 9.59 Å². The summed E-state index contributed by atoms with van der Waals surface area (Å²) in [5.41, 5.74) is -0.00962. The fourth-order valence-electron chi connectivity index (χ4n) is 1.42. The number of hydrogen-bond acceptors (Lipinski definition) is 3. The van der Waals surface area contributed by atoms with Gasteiger partial charge in [0.2, 0.25) is 5.91 Å². The van der Waals surface area contributed by atoms with Crippen LogP contribution >= 0.6 is 11.3 Å². The highest BCUT2D eigenvalue weighted by atomic mass is 32.1. The molecule has 0 saturated carbocycles. The molecule has 0 radical (unpaired) electrons. The van der Waals surface area contributed by atoms with Crippen molar-refractivity contribution in [1.82, 2.24) is 10.6 Å². The molecule has 0 aliphatic rings. The van der Waals surface area contributed by atoms with Crippen LogP contribution < -0.4 is 10.6 Å². The molecule has 0 fully saturated rings. The van der Waals surface area contributed by atoms with E-state index in [2.05, 4.69) is 10.6 Å². The topological polar surface area (TPSA) is 58.2 Å². The van der Waals surface area contributed by atoms with Gasteiger partial charge < -0.3 is 10.6 Å². The average molecular weight is 268 g/mol. The van der Waals surface area contributed by atoms with Crippen molar-refractivity contribution in [3.8, 4) is 0 Å². The Hall–Kier alpha value is -1.36. The lowest BCUT2D eigenvalue weighted by Gasteiger charge is -2.17. The molecule has 0 aliphatic carbocycles. The average Bonchev–Trinajstić information content (AvgIpc) is 2.74. The maximum Gasteiger partial charge on any atom is 0.261 e. The van der Waals surface area contributed by atoms with Crippen LogP contribution in [0.15, 0.2) is 17.5 Å². The maximum absolute atomic E-state index is 11.6. The Morgan fingerprint density at radius 3 is 2.44 bits per heavy atom. The molecule has 0 bridgehead atoms. The molecule has 1 aromatic rings. The fraction of sp³-hybridized carbons (Fsp3) is 0.538. The molecule has 0 spiro atoms. The minimum Gasteiger partial charge on any atom is -0.354 e. The third-order valence-corrected chi connectivity index (χ3v) is 3.04. The van der Waals surface area contributed by atoms with Crippen molar-refractivity contribution in [2.45, 2.75) is 27.2 Å². The van der Waals surface area contributed by atoms with Crippen LogP contribution in [-0.4, -0.2) is 24.9 Å². The number of thiophene rings is 1. The molecule has 0 atom stereocenters. The molecule has 2 N–H and O–H groups in total. The Morgan fingerprint density at radius 1 is 1.22 bits per heavy atom. The predicted molar refractivity (Wildman–Crippen MR) is 73.7 cm³/mol. The molecule has 1 rings (SSSR count). The van der Waals surface area contributed by atoms with Crippen LogP contribution in [-0.2, 0) is 4.79 Å². The van der Waals surface area contributed by atoms with Crippen molar-refractivity contribution >= 4 is 23.2 Å². The maximum atomic E-state index is 11.6. The van der Waals surface area contributed by atoms with E-state index in [-0.39, 0.29) is 17.2 Å². The molecule has 0 aliphatic heterocycles. The second kappa shape index (κ2) is 6.54. The van der Waals surface area contributed by atoms with Crippen molar-refractivity contribution in [1.29, 1.82) is 0 Å². The zero-order valence-electron chi connectivity index (χ0n) is 11.1. The van der Waals surface area contributed by atoms with E-state index < -0.39 is 0 Å². The molecule has 1 aromatic heterocycles. The third kappa shape index (κ3) is 5.82. The molecule has 0 saturated heterocycles. The number of rotatable bonds is 5. The van der Waals surface area contributed by atoms with E-state index in [1.54, 1.807) is 6.07 Å². The minimum atomic E-state index is -0.0879. The molecule has 0 aromatic carbocycles. The van der Waals surface area contributed by atoms with Gasteiger partial charge in [0, 0.05) is 19.5 Å². The first-order valence-electron chi connectivity index (χ1n) is 5.97. The van der Waals surface area contributed by atoms with Gasteiger partial charge in [-0.15, -0.1) is 11.3 Å². The molecule has 5 heteroatoms. The highest BCUT2D eigenvalue weighted by molar-refractivity contribution is 7.12. The second-order valence-electron chi connectivity index (χ2n) is 5.32. The molecular weight excluding hydrogens is 248 g/mol. The quantitative estimate of drug-likeness (QED) is 0.803. The highest BCUT2D eigenvalue weighted by Gasteiger charge is 2.15. The first-order valence-corrected chi connectivity index (χ1v) is 6.85. The number of hydrogen-bond donors (Lipinski definition) is 2. The van der Waals surface area contributed by atoms with E-state index in [1.165, 1.54) is 11.3 Å². The van der Waals surface area contributed by atoms with Crippen LogP contribution in [0.25, 0.3) is 0 Å². The number of amides is 2. The van der Waals surface area contributed by atoms with Gasteiger partial charge in [0.15, 0.2) is 0 Å². The summed E-state index contributed by atoms with van der Waals surface area (Å²) in [5.74, 6) is -0.0667. The smallest absolute Gasteiger partial charge is 0.261 e. The van der Waals surface area contributed by atoms with Gasteiger partial charge in [0.1, 0.15) is 0 Å². The Bertz CT molecular complexity index is 394. The lowest BCUT2D eigenvalue weighted by molar-refractivity contribution is -0.122. The number of nitrogens with one attached hydrogen (secondary N) is 2. The Labute approximate surface area is 112 Å². The van der Waals surface area contributed by atoms with Gasteiger partial charge >= 0.3 is 0 Å². The van der Waals surface area contributed by atoms with Crippen molar-refractivity contribution in [2.75, 3.05) is 13.1 Å². The van der Waals surface area contributed by atoms with Crippen LogP contribution in [0.5, 0.6) is 0 Å². The Morgan fingerprint density at radius 2 is 1.89 bits per heavy atom. The van der Waals surface area contributed by atoms with Crippen molar-refractivity contribution in [3.05, 3.63) is 22.4 Å². The summed E-state index contributed by atoms with van der Waals surface area (Å²) in [5, 5.41) is 7.41. The minimum absolute atomic E-state index is 0.00962. The normalized spacial score (nSPS) is 11.1. The van der Waals surface area contributed by atoms with Gasteiger partial charge in [-0.05, 0) is 16.9 Å². The Kier molecular flexibility index (Phi) is 5.34. The predicted octanol–water partition coefficient (Wildman–Crippen LogP) is 2.03. The molecule has 4 nitrogen and oxygen atoms in total. The fourth-order valence-corrected chi connectivity index (χ4v) is 2.06. The van der Waals surface area contributed by atoms with Gasteiger partial charge in [0.05, 0.1) is 4.88 Å². The first-order chi connectivity index (χ1) is 8.38. The van der Waals surface area contributed by atoms with E-state index in [1.807, 2.05) is 32.2 Å². The number of carbonyl (C=O) groups excluding carboxylic acids is 2. The van der Waals surface area contributed by atoms with E-state index in [0.717, 1.165) is 0 Å². The standard InChI is InChI=1S/C13H20N2O2S/c1-13(2,3)9-11(16)14-6-7-15-12(17)10-5-4-8-18-10/h4-5,8H,6-7,9H2,1-3H3,(H,14,16)(H,15,17). The first kappa shape index (κ1) is 14.7. The monoisotopic (exact) mass is 268 g/mol.